The van der Waals surface area contributed by atoms with Crippen molar-refractivity contribution in [1.82, 2.24) is 5.32 Å². The second kappa shape index (κ2) is 10.8. The summed E-state index contributed by atoms with van der Waals surface area (Å²) in [4.78, 5) is 36.4. The van der Waals surface area contributed by atoms with E-state index in [1.165, 1.54) is 0 Å². The van der Waals surface area contributed by atoms with Crippen LogP contribution >= 0.6 is 0 Å². The van der Waals surface area contributed by atoms with Gasteiger partial charge >= 0.3 is 12.1 Å². The van der Waals surface area contributed by atoms with Crippen LogP contribution in [0.2, 0.25) is 0 Å². The lowest BCUT2D eigenvalue weighted by molar-refractivity contribution is -0.144. The maximum Gasteiger partial charge on any atom is 0.407 e. The van der Waals surface area contributed by atoms with Gasteiger partial charge in [-0.25, -0.2) is 18.0 Å². The van der Waals surface area contributed by atoms with E-state index in [1.807, 2.05) is 6.92 Å². The van der Waals surface area contributed by atoms with Crippen molar-refractivity contribution in [1.29, 1.82) is 0 Å². The summed E-state index contributed by atoms with van der Waals surface area (Å²) in [6.07, 6.45) is -0.345. The van der Waals surface area contributed by atoms with Gasteiger partial charge in [0.05, 0.1) is 18.6 Å². The summed E-state index contributed by atoms with van der Waals surface area (Å²) in [5.74, 6) is -6.41. The largest absolute Gasteiger partial charge is 0.466 e. The quantitative estimate of drug-likeness (QED) is 0.280. The number of alkyl carbamates (subject to hydrolysis) is 1. The number of ketones is 1. The minimum absolute atomic E-state index is 0.181. The molecule has 162 valence electrons. The van der Waals surface area contributed by atoms with Crippen LogP contribution in [0.3, 0.4) is 0 Å². The summed E-state index contributed by atoms with van der Waals surface area (Å²) >= 11 is 0. The van der Waals surface area contributed by atoms with Crippen molar-refractivity contribution in [3.63, 3.8) is 0 Å². The number of amides is 1. The number of benzene rings is 1. The molecule has 0 aromatic heterocycles. The first-order chi connectivity index (χ1) is 13.4. The molecule has 0 spiro atoms. The smallest absolute Gasteiger partial charge is 0.407 e. The minimum Gasteiger partial charge on any atom is -0.466 e. The SMILES string of the molecule is CCCCOC(=O)C[C@@H](CC(=O)c1ccc(F)c(F)c1F)NC(=O)OC(C)(C)C. The summed E-state index contributed by atoms with van der Waals surface area (Å²) in [5.41, 5.74) is -1.51. The molecule has 0 unspecified atom stereocenters. The summed E-state index contributed by atoms with van der Waals surface area (Å²) < 4.78 is 50.5. The molecule has 0 bridgehead atoms. The molecule has 0 saturated carbocycles. The molecule has 0 aliphatic rings. The van der Waals surface area contributed by atoms with Crippen LogP contribution in [-0.4, -0.2) is 36.1 Å². The van der Waals surface area contributed by atoms with Crippen LogP contribution in [0.25, 0.3) is 0 Å². The number of carbonyl (C=O) groups is 3. The Morgan fingerprint density at radius 1 is 1.07 bits per heavy atom. The fraction of sp³-hybridized carbons (Fsp3) is 0.550. The van der Waals surface area contributed by atoms with Gasteiger partial charge in [0.2, 0.25) is 0 Å². The first-order valence-corrected chi connectivity index (χ1v) is 9.26. The van der Waals surface area contributed by atoms with Crippen molar-refractivity contribution in [3.8, 4) is 0 Å². The average Bonchev–Trinajstić information content (AvgIpc) is 2.58. The van der Waals surface area contributed by atoms with Crippen molar-refractivity contribution in [2.75, 3.05) is 6.61 Å². The van der Waals surface area contributed by atoms with Gasteiger partial charge in [-0.1, -0.05) is 13.3 Å². The molecule has 1 atom stereocenters. The van der Waals surface area contributed by atoms with Gasteiger partial charge in [-0.05, 0) is 39.3 Å². The van der Waals surface area contributed by atoms with Gasteiger partial charge in [0.25, 0.3) is 0 Å². The maximum atomic E-state index is 13.9. The third kappa shape index (κ3) is 8.53. The Hall–Kier alpha value is -2.58. The van der Waals surface area contributed by atoms with E-state index < -0.39 is 58.9 Å². The van der Waals surface area contributed by atoms with Gasteiger partial charge in [0.1, 0.15) is 5.60 Å². The topological polar surface area (TPSA) is 81.7 Å². The number of Topliss-reactive ketones (excluding diaryl/α,β-unsaturated/α-hetero) is 1. The fourth-order valence-electron chi connectivity index (χ4n) is 2.31. The van der Waals surface area contributed by atoms with E-state index in [1.54, 1.807) is 20.8 Å². The van der Waals surface area contributed by atoms with Gasteiger partial charge < -0.3 is 14.8 Å². The molecule has 0 radical (unpaired) electrons. The van der Waals surface area contributed by atoms with Crippen LogP contribution in [0.5, 0.6) is 0 Å². The van der Waals surface area contributed by atoms with E-state index in [2.05, 4.69) is 5.32 Å². The minimum atomic E-state index is -1.77. The van der Waals surface area contributed by atoms with Crippen LogP contribution in [0, 0.1) is 17.5 Å². The van der Waals surface area contributed by atoms with Gasteiger partial charge in [-0.2, -0.15) is 0 Å². The maximum absolute atomic E-state index is 13.9. The zero-order valence-corrected chi connectivity index (χ0v) is 16.9. The zero-order valence-electron chi connectivity index (χ0n) is 16.9. The third-order valence-corrected chi connectivity index (χ3v) is 3.66. The van der Waals surface area contributed by atoms with Crippen LogP contribution in [0.4, 0.5) is 18.0 Å². The molecule has 1 amide bonds. The second-order valence-corrected chi connectivity index (χ2v) is 7.47. The van der Waals surface area contributed by atoms with Crippen molar-refractivity contribution in [3.05, 3.63) is 35.1 Å². The lowest BCUT2D eigenvalue weighted by Crippen LogP contribution is -2.41. The number of esters is 1. The Morgan fingerprint density at radius 2 is 1.72 bits per heavy atom. The molecule has 1 aromatic carbocycles. The Kier molecular flexibility index (Phi) is 9.13. The van der Waals surface area contributed by atoms with E-state index >= 15 is 0 Å². The Labute approximate surface area is 167 Å². The molecular formula is C20H26F3NO5. The highest BCUT2D eigenvalue weighted by Gasteiger charge is 2.26. The van der Waals surface area contributed by atoms with Crippen LogP contribution < -0.4 is 5.32 Å². The molecule has 0 heterocycles. The molecule has 1 rings (SSSR count). The monoisotopic (exact) mass is 417 g/mol. The number of unbranched alkanes of at least 4 members (excludes halogenated alkanes) is 1. The number of rotatable bonds is 9. The Balaban J connectivity index is 2.92. The Morgan fingerprint density at radius 3 is 2.31 bits per heavy atom. The predicted octanol–water partition coefficient (Wildman–Crippen LogP) is 4.30. The van der Waals surface area contributed by atoms with Crippen molar-refractivity contribution in [2.24, 2.45) is 0 Å². The Bertz CT molecular complexity index is 746. The van der Waals surface area contributed by atoms with Gasteiger partial charge in [-0.3, -0.25) is 9.59 Å². The number of nitrogens with one attached hydrogen (secondary N) is 1. The normalized spacial score (nSPS) is 12.2. The molecule has 1 aromatic rings. The molecule has 6 nitrogen and oxygen atoms in total. The fourth-order valence-corrected chi connectivity index (χ4v) is 2.31. The predicted molar refractivity (Wildman–Crippen MR) is 98.9 cm³/mol. The van der Waals surface area contributed by atoms with E-state index in [9.17, 15) is 27.6 Å². The van der Waals surface area contributed by atoms with E-state index in [0.717, 1.165) is 12.5 Å². The molecule has 29 heavy (non-hydrogen) atoms. The van der Waals surface area contributed by atoms with Gasteiger partial charge in [-0.15, -0.1) is 0 Å². The highest BCUT2D eigenvalue weighted by Crippen LogP contribution is 2.18. The highest BCUT2D eigenvalue weighted by atomic mass is 19.2. The van der Waals surface area contributed by atoms with E-state index in [-0.39, 0.29) is 13.0 Å². The molecule has 0 fully saturated rings. The van der Waals surface area contributed by atoms with Crippen LogP contribution in [0.1, 0.15) is 63.7 Å². The number of ether oxygens (including phenoxy) is 2. The van der Waals surface area contributed by atoms with Crippen LogP contribution in [0.15, 0.2) is 12.1 Å². The summed E-state index contributed by atoms with van der Waals surface area (Å²) in [6.45, 7) is 6.98. The molecule has 9 heteroatoms. The molecular weight excluding hydrogens is 391 g/mol. The average molecular weight is 417 g/mol. The van der Waals surface area contributed by atoms with E-state index in [0.29, 0.717) is 12.5 Å². The zero-order chi connectivity index (χ0) is 22.2. The molecule has 1 N–H and O–H groups in total. The number of hydrogen-bond acceptors (Lipinski definition) is 5. The summed E-state index contributed by atoms with van der Waals surface area (Å²) in [5, 5.41) is 2.37. The van der Waals surface area contributed by atoms with Crippen molar-refractivity contribution < 1.29 is 37.0 Å². The molecule has 0 aliphatic carbocycles. The van der Waals surface area contributed by atoms with E-state index in [4.69, 9.17) is 9.47 Å². The lowest BCUT2D eigenvalue weighted by atomic mass is 10.0. The van der Waals surface area contributed by atoms with Gasteiger partial charge in [0, 0.05) is 12.5 Å². The lowest BCUT2D eigenvalue weighted by Gasteiger charge is -2.23. The summed E-state index contributed by atoms with van der Waals surface area (Å²) in [7, 11) is 0. The number of carbonyl (C=O) groups excluding carboxylic acids is 3. The second-order valence-electron chi connectivity index (χ2n) is 7.47. The molecule has 0 aliphatic heterocycles. The highest BCUT2D eigenvalue weighted by molar-refractivity contribution is 5.97. The van der Waals surface area contributed by atoms with Gasteiger partial charge in [0.15, 0.2) is 23.2 Å². The number of hydrogen-bond donors (Lipinski definition) is 1. The standard InChI is InChI=1S/C20H26F3NO5/c1-5-6-9-28-16(26)11-12(24-19(27)29-20(2,3)4)10-15(25)13-7-8-14(21)18(23)17(13)22/h7-8,12H,5-6,9-11H2,1-4H3,(H,24,27)/t12-/m1/s1. The first-order valence-electron chi connectivity index (χ1n) is 9.26. The first kappa shape index (κ1) is 24.5. The van der Waals surface area contributed by atoms with Crippen molar-refractivity contribution >= 4 is 17.8 Å². The van der Waals surface area contributed by atoms with Crippen LogP contribution in [-0.2, 0) is 14.3 Å². The summed E-state index contributed by atoms with van der Waals surface area (Å²) in [6, 6.07) is 0.347. The third-order valence-electron chi connectivity index (χ3n) is 3.66. The van der Waals surface area contributed by atoms with Crippen molar-refractivity contribution in [2.45, 2.75) is 65.0 Å². The molecule has 0 saturated heterocycles. The number of halogens is 3.